The highest BCUT2D eigenvalue weighted by atomic mass is 16.4. The number of para-hydroxylation sites is 1. The lowest BCUT2D eigenvalue weighted by molar-refractivity contribution is 0.0684. The minimum absolute atomic E-state index is 0.134. The standard InChI is InChI=1S/C15H17N3O2/c1-9-7-10(2)18(8-9)14-11-5-3-4-6-12(11)16-13(17-14)15(19)20/h3-6,9-10H,7-8H2,1-2H3,(H,19,20). The normalized spacial score (nSPS) is 22.4. The quantitative estimate of drug-likeness (QED) is 0.909. The third kappa shape index (κ3) is 2.09. The van der Waals surface area contributed by atoms with Gasteiger partial charge >= 0.3 is 5.97 Å². The molecule has 2 atom stereocenters. The minimum atomic E-state index is -1.09. The van der Waals surface area contributed by atoms with Crippen LogP contribution >= 0.6 is 0 Å². The van der Waals surface area contributed by atoms with E-state index < -0.39 is 5.97 Å². The Bertz CT molecular complexity index is 671. The molecule has 1 aliphatic heterocycles. The lowest BCUT2D eigenvalue weighted by atomic mass is 10.1. The molecule has 0 saturated carbocycles. The number of benzene rings is 1. The first-order valence-electron chi connectivity index (χ1n) is 6.83. The van der Waals surface area contributed by atoms with E-state index in [0.29, 0.717) is 17.5 Å². The number of aromatic carboxylic acids is 1. The number of rotatable bonds is 2. The molecule has 5 nitrogen and oxygen atoms in total. The van der Waals surface area contributed by atoms with E-state index in [1.54, 1.807) is 0 Å². The molecule has 1 N–H and O–H groups in total. The smallest absolute Gasteiger partial charge is 0.374 e. The van der Waals surface area contributed by atoms with Crippen LogP contribution in [0.4, 0.5) is 5.82 Å². The van der Waals surface area contributed by atoms with Gasteiger partial charge in [-0.3, -0.25) is 0 Å². The van der Waals surface area contributed by atoms with E-state index in [1.165, 1.54) is 0 Å². The molecule has 1 saturated heterocycles. The summed E-state index contributed by atoms with van der Waals surface area (Å²) < 4.78 is 0. The highest BCUT2D eigenvalue weighted by molar-refractivity contribution is 5.94. The monoisotopic (exact) mass is 271 g/mol. The Morgan fingerprint density at radius 1 is 1.30 bits per heavy atom. The van der Waals surface area contributed by atoms with Crippen molar-refractivity contribution >= 4 is 22.7 Å². The largest absolute Gasteiger partial charge is 0.475 e. The van der Waals surface area contributed by atoms with E-state index in [4.69, 9.17) is 0 Å². The Kier molecular flexibility index (Phi) is 3.04. The van der Waals surface area contributed by atoms with Gasteiger partial charge in [-0.05, 0) is 31.4 Å². The summed E-state index contributed by atoms with van der Waals surface area (Å²) in [6.07, 6.45) is 1.10. The molecule has 2 unspecified atom stereocenters. The number of hydrogen-bond donors (Lipinski definition) is 1. The number of nitrogens with zero attached hydrogens (tertiary/aromatic N) is 3. The number of fused-ring (bicyclic) bond motifs is 1. The summed E-state index contributed by atoms with van der Waals surface area (Å²) in [7, 11) is 0. The lowest BCUT2D eigenvalue weighted by Gasteiger charge is -2.24. The van der Waals surface area contributed by atoms with Gasteiger partial charge in [-0.1, -0.05) is 19.1 Å². The average Bonchev–Trinajstić information content (AvgIpc) is 2.76. The van der Waals surface area contributed by atoms with Crippen LogP contribution in [0.15, 0.2) is 24.3 Å². The molecule has 1 aliphatic rings. The fourth-order valence-corrected chi connectivity index (χ4v) is 2.97. The Labute approximate surface area is 117 Å². The summed E-state index contributed by atoms with van der Waals surface area (Å²) in [5.41, 5.74) is 0.682. The van der Waals surface area contributed by atoms with Crippen molar-refractivity contribution in [3.05, 3.63) is 30.1 Å². The van der Waals surface area contributed by atoms with Crippen LogP contribution in [-0.4, -0.2) is 33.6 Å². The first kappa shape index (κ1) is 12.8. The van der Waals surface area contributed by atoms with E-state index in [0.717, 1.165) is 24.2 Å². The first-order valence-corrected chi connectivity index (χ1v) is 6.83. The van der Waals surface area contributed by atoms with Gasteiger partial charge in [0.05, 0.1) is 5.52 Å². The van der Waals surface area contributed by atoms with Gasteiger partial charge in [-0.2, -0.15) is 0 Å². The molecule has 5 heteroatoms. The van der Waals surface area contributed by atoms with E-state index in [1.807, 2.05) is 24.3 Å². The van der Waals surface area contributed by atoms with Crippen LogP contribution in [0.5, 0.6) is 0 Å². The molecule has 20 heavy (non-hydrogen) atoms. The molecular weight excluding hydrogens is 254 g/mol. The van der Waals surface area contributed by atoms with Gasteiger partial charge in [0.25, 0.3) is 0 Å². The van der Waals surface area contributed by atoms with E-state index in [-0.39, 0.29) is 5.82 Å². The Hall–Kier alpha value is -2.17. The van der Waals surface area contributed by atoms with Crippen LogP contribution in [0, 0.1) is 5.92 Å². The van der Waals surface area contributed by atoms with Gasteiger partial charge in [0, 0.05) is 18.0 Å². The zero-order valence-corrected chi connectivity index (χ0v) is 11.6. The fraction of sp³-hybridized carbons (Fsp3) is 0.400. The average molecular weight is 271 g/mol. The molecule has 1 aromatic carbocycles. The van der Waals surface area contributed by atoms with Crippen molar-refractivity contribution < 1.29 is 9.90 Å². The van der Waals surface area contributed by atoms with Gasteiger partial charge in [-0.25, -0.2) is 14.8 Å². The molecule has 0 amide bonds. The van der Waals surface area contributed by atoms with Crippen molar-refractivity contribution in [1.82, 2.24) is 9.97 Å². The number of carbonyl (C=O) groups is 1. The highest BCUT2D eigenvalue weighted by Crippen LogP contribution is 2.32. The van der Waals surface area contributed by atoms with Crippen LogP contribution in [-0.2, 0) is 0 Å². The van der Waals surface area contributed by atoms with Crippen molar-refractivity contribution in [3.8, 4) is 0 Å². The maximum Gasteiger partial charge on any atom is 0.374 e. The highest BCUT2D eigenvalue weighted by Gasteiger charge is 2.29. The van der Waals surface area contributed by atoms with Crippen molar-refractivity contribution in [2.24, 2.45) is 5.92 Å². The summed E-state index contributed by atoms with van der Waals surface area (Å²) in [5.74, 6) is 0.110. The molecule has 0 spiro atoms. The summed E-state index contributed by atoms with van der Waals surface area (Å²) in [4.78, 5) is 21.8. The molecule has 3 rings (SSSR count). The summed E-state index contributed by atoms with van der Waals surface area (Å²) in [5, 5.41) is 10.1. The molecule has 2 heterocycles. The van der Waals surface area contributed by atoms with Crippen molar-refractivity contribution in [1.29, 1.82) is 0 Å². The first-order chi connectivity index (χ1) is 9.56. The molecule has 0 bridgehead atoms. The Morgan fingerprint density at radius 3 is 2.70 bits per heavy atom. The molecule has 1 fully saturated rings. The third-order valence-electron chi connectivity index (χ3n) is 3.83. The predicted molar refractivity (Wildman–Crippen MR) is 77.1 cm³/mol. The van der Waals surface area contributed by atoms with Gasteiger partial charge in [-0.15, -0.1) is 0 Å². The van der Waals surface area contributed by atoms with Gasteiger partial charge < -0.3 is 10.0 Å². The van der Waals surface area contributed by atoms with Crippen molar-refractivity contribution in [2.75, 3.05) is 11.4 Å². The summed E-state index contributed by atoms with van der Waals surface area (Å²) >= 11 is 0. The fourth-order valence-electron chi connectivity index (χ4n) is 2.97. The minimum Gasteiger partial charge on any atom is -0.475 e. The van der Waals surface area contributed by atoms with E-state index >= 15 is 0 Å². The molecule has 2 aromatic rings. The van der Waals surface area contributed by atoms with Crippen LogP contribution in [0.3, 0.4) is 0 Å². The van der Waals surface area contributed by atoms with E-state index in [2.05, 4.69) is 28.7 Å². The second kappa shape index (κ2) is 4.74. The molecule has 0 radical (unpaired) electrons. The predicted octanol–water partition coefficient (Wildman–Crippen LogP) is 2.56. The summed E-state index contributed by atoms with van der Waals surface area (Å²) in [6, 6.07) is 7.94. The molecular formula is C15H17N3O2. The van der Waals surface area contributed by atoms with Crippen molar-refractivity contribution in [2.45, 2.75) is 26.3 Å². The maximum atomic E-state index is 11.2. The number of carboxylic acids is 1. The van der Waals surface area contributed by atoms with E-state index in [9.17, 15) is 9.90 Å². The Balaban J connectivity index is 2.20. The lowest BCUT2D eigenvalue weighted by Crippen LogP contribution is -2.28. The second-order valence-corrected chi connectivity index (χ2v) is 5.54. The number of hydrogen-bond acceptors (Lipinski definition) is 4. The Morgan fingerprint density at radius 2 is 2.05 bits per heavy atom. The van der Waals surface area contributed by atoms with Gasteiger partial charge in [0.2, 0.25) is 5.82 Å². The van der Waals surface area contributed by atoms with Crippen molar-refractivity contribution in [3.63, 3.8) is 0 Å². The summed E-state index contributed by atoms with van der Waals surface area (Å²) in [6.45, 7) is 5.26. The SMILES string of the molecule is CC1CC(C)N(c2nc(C(=O)O)nc3ccccc23)C1. The topological polar surface area (TPSA) is 66.3 Å². The van der Waals surface area contributed by atoms with Crippen LogP contribution < -0.4 is 4.90 Å². The zero-order chi connectivity index (χ0) is 14.3. The zero-order valence-electron chi connectivity index (χ0n) is 11.6. The van der Waals surface area contributed by atoms with Gasteiger partial charge in [0.1, 0.15) is 5.82 Å². The number of anilines is 1. The third-order valence-corrected chi connectivity index (χ3v) is 3.83. The van der Waals surface area contributed by atoms with Gasteiger partial charge in [0.15, 0.2) is 0 Å². The maximum absolute atomic E-state index is 11.2. The van der Waals surface area contributed by atoms with Crippen LogP contribution in [0.25, 0.3) is 10.9 Å². The molecule has 104 valence electrons. The number of carboxylic acid groups (broad SMARTS) is 1. The van der Waals surface area contributed by atoms with Crippen LogP contribution in [0.2, 0.25) is 0 Å². The molecule has 0 aliphatic carbocycles. The number of aromatic nitrogens is 2. The second-order valence-electron chi connectivity index (χ2n) is 5.54. The molecule has 1 aromatic heterocycles. The van der Waals surface area contributed by atoms with Crippen LogP contribution in [0.1, 0.15) is 30.9 Å².